The van der Waals surface area contributed by atoms with Gasteiger partial charge in [0.05, 0.1) is 5.84 Å². The largest absolute Gasteiger partial charge is 0.388 e. The van der Waals surface area contributed by atoms with Gasteiger partial charge in [0.2, 0.25) is 0 Å². The highest BCUT2D eigenvalue weighted by Gasteiger charge is 2.12. The molecule has 0 bridgehead atoms. The van der Waals surface area contributed by atoms with Crippen molar-refractivity contribution < 1.29 is 0 Å². The highest BCUT2D eigenvalue weighted by Crippen LogP contribution is 2.13. The van der Waals surface area contributed by atoms with Gasteiger partial charge in [-0.1, -0.05) is 13.8 Å². The molecule has 3 N–H and O–H groups in total. The van der Waals surface area contributed by atoms with E-state index in [1.165, 1.54) is 4.63 Å². The van der Waals surface area contributed by atoms with Crippen LogP contribution in [0.1, 0.15) is 20.3 Å². The topological polar surface area (TPSA) is 109 Å². The van der Waals surface area contributed by atoms with Crippen LogP contribution in [-0.2, 0) is 0 Å². The van der Waals surface area contributed by atoms with Crippen LogP contribution < -0.4 is 10.6 Å². The maximum atomic E-state index is 7.33. The van der Waals surface area contributed by atoms with Crippen molar-refractivity contribution in [2.45, 2.75) is 20.3 Å². The van der Waals surface area contributed by atoms with Crippen LogP contribution in [0.5, 0.6) is 0 Å². The standard InChI is InChI=1S/C11H18N8/c1-8(2)7-18(6-5-9(12)13)11-4-3-10-14-16-17-19(10)15-11/h3-4,8H,5-7H2,1-2H3,(H3,12,13). The number of amidine groups is 1. The molecule has 0 unspecified atom stereocenters. The molecule has 2 rings (SSSR count). The van der Waals surface area contributed by atoms with E-state index >= 15 is 0 Å². The molecular formula is C11H18N8. The maximum Gasteiger partial charge on any atom is 0.200 e. The lowest BCUT2D eigenvalue weighted by Gasteiger charge is -2.25. The van der Waals surface area contributed by atoms with Crippen LogP contribution in [0.3, 0.4) is 0 Å². The first kappa shape index (κ1) is 13.2. The SMILES string of the molecule is CC(C)CN(CCC(=N)N)c1ccc2nnnn2n1. The Morgan fingerprint density at radius 1 is 1.47 bits per heavy atom. The highest BCUT2D eigenvalue weighted by molar-refractivity contribution is 5.77. The molecule has 8 nitrogen and oxygen atoms in total. The number of rotatable bonds is 6. The van der Waals surface area contributed by atoms with Crippen LogP contribution in [-0.4, -0.2) is 44.2 Å². The molecule has 2 heterocycles. The van der Waals surface area contributed by atoms with Gasteiger partial charge in [0, 0.05) is 19.5 Å². The fourth-order valence-electron chi connectivity index (χ4n) is 1.80. The van der Waals surface area contributed by atoms with E-state index in [2.05, 4.69) is 39.4 Å². The first-order chi connectivity index (χ1) is 9.06. The van der Waals surface area contributed by atoms with Gasteiger partial charge in [0.15, 0.2) is 11.5 Å². The van der Waals surface area contributed by atoms with Gasteiger partial charge in [-0.15, -0.1) is 14.8 Å². The molecule has 8 heteroatoms. The number of hydrogen-bond acceptors (Lipinski definition) is 6. The summed E-state index contributed by atoms with van der Waals surface area (Å²) in [7, 11) is 0. The van der Waals surface area contributed by atoms with E-state index < -0.39 is 0 Å². The predicted octanol–water partition coefficient (Wildman–Crippen LogP) is 0.308. The van der Waals surface area contributed by atoms with Gasteiger partial charge >= 0.3 is 0 Å². The van der Waals surface area contributed by atoms with Crippen molar-refractivity contribution >= 4 is 17.3 Å². The summed E-state index contributed by atoms with van der Waals surface area (Å²) in [6, 6.07) is 3.71. The first-order valence-corrected chi connectivity index (χ1v) is 6.19. The molecular weight excluding hydrogens is 244 g/mol. The van der Waals surface area contributed by atoms with E-state index in [1.54, 1.807) is 0 Å². The number of anilines is 1. The lowest BCUT2D eigenvalue weighted by Crippen LogP contribution is -2.32. The molecule has 0 aliphatic carbocycles. The molecule has 0 aromatic carbocycles. The van der Waals surface area contributed by atoms with E-state index in [1.807, 2.05) is 12.1 Å². The third kappa shape index (κ3) is 3.36. The van der Waals surface area contributed by atoms with Gasteiger partial charge in [0.1, 0.15) is 0 Å². The van der Waals surface area contributed by atoms with Crippen molar-refractivity contribution in [2.75, 3.05) is 18.0 Å². The molecule has 0 aliphatic heterocycles. The van der Waals surface area contributed by atoms with Crippen LogP contribution in [0.4, 0.5) is 5.82 Å². The van der Waals surface area contributed by atoms with Gasteiger partial charge in [-0.25, -0.2) is 0 Å². The fourth-order valence-corrected chi connectivity index (χ4v) is 1.80. The Hall–Kier alpha value is -2.25. The first-order valence-electron chi connectivity index (χ1n) is 6.19. The van der Waals surface area contributed by atoms with Gasteiger partial charge in [0.25, 0.3) is 0 Å². The quantitative estimate of drug-likeness (QED) is 0.572. The lowest BCUT2D eigenvalue weighted by molar-refractivity contribution is 0.600. The third-order valence-corrected chi connectivity index (χ3v) is 2.62. The second kappa shape index (κ2) is 5.59. The van der Waals surface area contributed by atoms with Crippen molar-refractivity contribution in [1.82, 2.24) is 25.3 Å². The Balaban J connectivity index is 2.21. The number of fused-ring (bicyclic) bond motifs is 1. The molecule has 0 fully saturated rings. The Morgan fingerprint density at radius 3 is 2.95 bits per heavy atom. The van der Waals surface area contributed by atoms with Crippen molar-refractivity contribution in [3.05, 3.63) is 12.1 Å². The number of nitrogens with two attached hydrogens (primary N) is 1. The average Bonchev–Trinajstić information content (AvgIpc) is 2.80. The summed E-state index contributed by atoms with van der Waals surface area (Å²) in [6.07, 6.45) is 0.516. The smallest absolute Gasteiger partial charge is 0.200 e. The molecule has 0 aliphatic rings. The molecule has 0 spiro atoms. The Morgan fingerprint density at radius 2 is 2.26 bits per heavy atom. The summed E-state index contributed by atoms with van der Waals surface area (Å²) in [5.74, 6) is 1.45. The summed E-state index contributed by atoms with van der Waals surface area (Å²) in [6.45, 7) is 5.77. The number of nitrogens with one attached hydrogen (secondary N) is 1. The monoisotopic (exact) mass is 262 g/mol. The molecule has 2 aromatic heterocycles. The molecule has 19 heavy (non-hydrogen) atoms. The zero-order valence-corrected chi connectivity index (χ0v) is 11.1. The second-order valence-electron chi connectivity index (χ2n) is 4.83. The minimum Gasteiger partial charge on any atom is -0.388 e. The molecule has 0 saturated heterocycles. The van der Waals surface area contributed by atoms with Crippen molar-refractivity contribution in [1.29, 1.82) is 5.41 Å². The summed E-state index contributed by atoms with van der Waals surface area (Å²) in [4.78, 5) is 2.09. The zero-order chi connectivity index (χ0) is 13.8. The van der Waals surface area contributed by atoms with E-state index in [0.717, 1.165) is 12.4 Å². The van der Waals surface area contributed by atoms with E-state index in [-0.39, 0.29) is 5.84 Å². The molecule has 0 saturated carbocycles. The fraction of sp³-hybridized carbons (Fsp3) is 0.545. The normalized spacial score (nSPS) is 11.1. The molecule has 102 valence electrons. The molecule has 2 aromatic rings. The van der Waals surface area contributed by atoms with Crippen LogP contribution in [0.15, 0.2) is 12.1 Å². The van der Waals surface area contributed by atoms with Crippen LogP contribution >= 0.6 is 0 Å². The van der Waals surface area contributed by atoms with Crippen LogP contribution in [0.2, 0.25) is 0 Å². The lowest BCUT2D eigenvalue weighted by atomic mass is 10.2. The summed E-state index contributed by atoms with van der Waals surface area (Å²) >= 11 is 0. The molecule has 0 atom stereocenters. The Labute approximate surface area is 111 Å². The van der Waals surface area contributed by atoms with Gasteiger partial charge in [-0.2, -0.15) is 0 Å². The number of hydrogen-bond donors (Lipinski definition) is 2. The maximum absolute atomic E-state index is 7.33. The Bertz CT molecular complexity index is 561. The van der Waals surface area contributed by atoms with Crippen LogP contribution in [0, 0.1) is 11.3 Å². The average molecular weight is 262 g/mol. The van der Waals surface area contributed by atoms with E-state index in [4.69, 9.17) is 11.1 Å². The number of aromatic nitrogens is 5. The molecule has 0 radical (unpaired) electrons. The summed E-state index contributed by atoms with van der Waals surface area (Å²) in [5.41, 5.74) is 6.03. The van der Waals surface area contributed by atoms with E-state index in [9.17, 15) is 0 Å². The van der Waals surface area contributed by atoms with Crippen molar-refractivity contribution in [3.63, 3.8) is 0 Å². The summed E-state index contributed by atoms with van der Waals surface area (Å²) < 4.78 is 1.40. The summed E-state index contributed by atoms with van der Waals surface area (Å²) in [5, 5.41) is 22.9. The third-order valence-electron chi connectivity index (χ3n) is 2.62. The number of tetrazole rings is 1. The highest BCUT2D eigenvalue weighted by atomic mass is 15.6. The van der Waals surface area contributed by atoms with Crippen molar-refractivity contribution in [2.24, 2.45) is 11.7 Å². The minimum absolute atomic E-state index is 0.178. The Kier molecular flexibility index (Phi) is 3.88. The predicted molar refractivity (Wildman–Crippen MR) is 72.2 cm³/mol. The minimum atomic E-state index is 0.178. The second-order valence-corrected chi connectivity index (χ2v) is 4.83. The van der Waals surface area contributed by atoms with E-state index in [0.29, 0.717) is 24.5 Å². The zero-order valence-electron chi connectivity index (χ0n) is 11.1. The van der Waals surface area contributed by atoms with Gasteiger partial charge < -0.3 is 10.6 Å². The van der Waals surface area contributed by atoms with Gasteiger partial charge in [-0.05, 0) is 28.5 Å². The number of nitrogens with zero attached hydrogens (tertiary/aromatic N) is 6. The van der Waals surface area contributed by atoms with Gasteiger partial charge in [-0.3, -0.25) is 5.41 Å². The van der Waals surface area contributed by atoms with Crippen molar-refractivity contribution in [3.8, 4) is 0 Å². The van der Waals surface area contributed by atoms with Crippen LogP contribution in [0.25, 0.3) is 5.65 Å². The molecule has 0 amide bonds.